The second kappa shape index (κ2) is 4.64. The van der Waals surface area contributed by atoms with Crippen molar-refractivity contribution in [3.63, 3.8) is 0 Å². The summed E-state index contributed by atoms with van der Waals surface area (Å²) in [4.78, 5) is 0. The van der Waals surface area contributed by atoms with Gasteiger partial charge in [-0.15, -0.1) is 0 Å². The molecule has 0 aliphatic carbocycles. The molecule has 0 saturated carbocycles. The first kappa shape index (κ1) is 10.8. The molecule has 0 bridgehead atoms. The lowest BCUT2D eigenvalue weighted by molar-refractivity contribution is 0.288. The Morgan fingerprint density at radius 1 is 1.33 bits per heavy atom. The summed E-state index contributed by atoms with van der Waals surface area (Å²) in [5.41, 5.74) is 5.91. The Morgan fingerprint density at radius 2 is 2.00 bits per heavy atom. The lowest BCUT2D eigenvalue weighted by atomic mass is 10.2. The summed E-state index contributed by atoms with van der Waals surface area (Å²) in [6.45, 7) is 0. The third-order valence-electron chi connectivity index (χ3n) is 1.10. The normalized spacial score (nSPS) is 8.50. The summed E-state index contributed by atoms with van der Waals surface area (Å²) < 4.78 is 4.53. The van der Waals surface area contributed by atoms with Gasteiger partial charge in [0.05, 0.1) is 0 Å². The Bertz CT molecular complexity index is 242. The smallest absolute Gasteiger partial charge is 0.512 e. The molecule has 5 heteroatoms. The number of hydrogen-bond donors (Lipinski definition) is 3. The van der Waals surface area contributed by atoms with Gasteiger partial charge in [0.25, 0.3) is 0 Å². The number of anilines is 1. The lowest BCUT2D eigenvalue weighted by Gasteiger charge is -2.03. The van der Waals surface area contributed by atoms with Crippen LogP contribution in [0, 0.1) is 0 Å². The van der Waals surface area contributed by atoms with Crippen LogP contribution in [0.4, 0.5) is 5.69 Å². The number of benzene rings is 1. The Hall–Kier alpha value is -1.20. The molecule has 0 heterocycles. The van der Waals surface area contributed by atoms with Crippen LogP contribution in [0.2, 0.25) is 0 Å². The van der Waals surface area contributed by atoms with Gasteiger partial charge in [-0.1, -0.05) is 13.5 Å². The summed E-state index contributed by atoms with van der Waals surface area (Å²) in [6.07, 6.45) is 0. The molecule has 66 valence electrons. The monoisotopic (exact) mass is 169 g/mol. The maximum absolute atomic E-state index is 8.39. The first-order valence-electron chi connectivity index (χ1n) is 3.07. The first-order chi connectivity index (χ1) is 5.18. The molecule has 0 aliphatic rings. The predicted octanol–water partition coefficient (Wildman–Crippen LogP) is 0.253. The molecule has 4 N–H and O–H groups in total. The van der Waals surface area contributed by atoms with Gasteiger partial charge in [-0.3, -0.25) is 0 Å². The highest BCUT2D eigenvalue weighted by Crippen LogP contribution is 2.14. The van der Waals surface area contributed by atoms with E-state index in [2.05, 4.69) is 4.65 Å². The number of nitrogen functional groups attached to an aromatic ring is 1. The molecule has 0 atom stereocenters. The molecule has 0 fully saturated rings. The van der Waals surface area contributed by atoms with Crippen LogP contribution in [0.25, 0.3) is 0 Å². The molecular weight excluding hydrogens is 157 g/mol. The largest absolute Gasteiger partial charge is 0.707 e. The Balaban J connectivity index is 0.00000121. The van der Waals surface area contributed by atoms with Crippen molar-refractivity contribution in [3.8, 4) is 5.75 Å². The van der Waals surface area contributed by atoms with Crippen LogP contribution in [0.15, 0.2) is 24.3 Å². The van der Waals surface area contributed by atoms with Crippen LogP contribution < -0.4 is 10.4 Å². The molecule has 0 amide bonds. The highest BCUT2D eigenvalue weighted by molar-refractivity contribution is 6.33. The molecular formula is C7H12BNO3. The Kier molecular flexibility index (Phi) is 4.17. The summed E-state index contributed by atoms with van der Waals surface area (Å²) in [6, 6.07) is 6.42. The summed E-state index contributed by atoms with van der Waals surface area (Å²) in [5.74, 6) is 0.333. The van der Waals surface area contributed by atoms with E-state index in [0.29, 0.717) is 11.4 Å². The highest BCUT2D eigenvalue weighted by Gasteiger charge is 2.10. The molecule has 12 heavy (non-hydrogen) atoms. The van der Waals surface area contributed by atoms with E-state index < -0.39 is 7.32 Å². The first-order valence-corrected chi connectivity index (χ1v) is 3.07. The molecule has 0 unspecified atom stereocenters. The number of rotatable bonds is 2. The van der Waals surface area contributed by atoms with E-state index in [1.807, 2.05) is 0 Å². The van der Waals surface area contributed by atoms with Gasteiger partial charge >= 0.3 is 7.32 Å². The van der Waals surface area contributed by atoms with Gasteiger partial charge in [-0.2, -0.15) is 0 Å². The molecule has 0 saturated heterocycles. The molecule has 0 aromatic heterocycles. The predicted molar refractivity (Wildman–Crippen MR) is 48.4 cm³/mol. The topological polar surface area (TPSA) is 75.7 Å². The van der Waals surface area contributed by atoms with E-state index in [4.69, 9.17) is 15.8 Å². The minimum atomic E-state index is -1.79. The van der Waals surface area contributed by atoms with E-state index in [0.717, 1.165) is 0 Å². The van der Waals surface area contributed by atoms with Gasteiger partial charge in [0.2, 0.25) is 0 Å². The van der Waals surface area contributed by atoms with Crippen LogP contribution in [0.5, 0.6) is 5.75 Å². The fourth-order valence-corrected chi connectivity index (χ4v) is 0.710. The van der Waals surface area contributed by atoms with Crippen LogP contribution in [-0.4, -0.2) is 17.4 Å². The van der Waals surface area contributed by atoms with E-state index >= 15 is 0 Å². The summed E-state index contributed by atoms with van der Waals surface area (Å²) >= 11 is 0. The second-order valence-electron chi connectivity index (χ2n) is 2.02. The number of hydrogen-bond acceptors (Lipinski definition) is 4. The van der Waals surface area contributed by atoms with Crippen molar-refractivity contribution in [1.29, 1.82) is 0 Å². The van der Waals surface area contributed by atoms with E-state index in [1.165, 1.54) is 6.07 Å². The van der Waals surface area contributed by atoms with Crippen molar-refractivity contribution in [3.05, 3.63) is 24.3 Å². The summed E-state index contributed by atoms with van der Waals surface area (Å²) in [7, 11) is -1.79. The molecule has 4 nitrogen and oxygen atoms in total. The molecule has 0 radical (unpaired) electrons. The van der Waals surface area contributed by atoms with Crippen molar-refractivity contribution in [2.75, 3.05) is 5.73 Å². The zero-order chi connectivity index (χ0) is 8.27. The minimum absolute atomic E-state index is 0. The Labute approximate surface area is 71.8 Å². The van der Waals surface area contributed by atoms with Crippen LogP contribution in [0.1, 0.15) is 7.43 Å². The van der Waals surface area contributed by atoms with Gasteiger partial charge < -0.3 is 20.4 Å². The second-order valence-corrected chi connectivity index (χ2v) is 2.02. The third kappa shape index (κ3) is 3.27. The minimum Gasteiger partial charge on any atom is -0.512 e. The molecule has 1 rings (SSSR count). The zero-order valence-electron chi connectivity index (χ0n) is 5.77. The average Bonchev–Trinajstić information content (AvgIpc) is 1.85. The average molecular weight is 169 g/mol. The lowest BCUT2D eigenvalue weighted by Crippen LogP contribution is -2.20. The van der Waals surface area contributed by atoms with Crippen LogP contribution >= 0.6 is 0 Å². The van der Waals surface area contributed by atoms with E-state index in [1.54, 1.807) is 18.2 Å². The van der Waals surface area contributed by atoms with Gasteiger partial charge in [-0.05, 0) is 12.1 Å². The van der Waals surface area contributed by atoms with Gasteiger partial charge in [0.1, 0.15) is 5.75 Å². The van der Waals surface area contributed by atoms with Crippen LogP contribution in [-0.2, 0) is 0 Å². The standard InChI is InChI=1S/C6H8BNO3.CH4/c8-5-2-1-3-6(4-5)11-7(9)10;/h1-4,9-10H,8H2;1H4. The molecule has 1 aromatic rings. The van der Waals surface area contributed by atoms with Crippen molar-refractivity contribution >= 4 is 13.0 Å². The molecule has 0 spiro atoms. The SMILES string of the molecule is C.Nc1cccc(OB(O)O)c1. The summed E-state index contributed by atoms with van der Waals surface area (Å²) in [5, 5.41) is 16.8. The van der Waals surface area contributed by atoms with E-state index in [-0.39, 0.29) is 7.43 Å². The van der Waals surface area contributed by atoms with Crippen molar-refractivity contribution < 1.29 is 14.7 Å². The maximum Gasteiger partial charge on any atom is 0.707 e. The van der Waals surface area contributed by atoms with Crippen molar-refractivity contribution in [2.24, 2.45) is 0 Å². The van der Waals surface area contributed by atoms with E-state index in [9.17, 15) is 0 Å². The number of nitrogens with two attached hydrogens (primary N) is 1. The molecule has 0 aliphatic heterocycles. The fraction of sp³-hybridized carbons (Fsp3) is 0.143. The zero-order valence-corrected chi connectivity index (χ0v) is 5.77. The van der Waals surface area contributed by atoms with Gasteiger partial charge in [0.15, 0.2) is 0 Å². The fourth-order valence-electron chi connectivity index (χ4n) is 0.710. The van der Waals surface area contributed by atoms with Crippen molar-refractivity contribution in [2.45, 2.75) is 7.43 Å². The van der Waals surface area contributed by atoms with Crippen molar-refractivity contribution in [1.82, 2.24) is 0 Å². The van der Waals surface area contributed by atoms with Gasteiger partial charge in [-0.25, -0.2) is 0 Å². The van der Waals surface area contributed by atoms with Gasteiger partial charge in [0, 0.05) is 11.8 Å². The quantitative estimate of drug-likeness (QED) is 0.438. The highest BCUT2D eigenvalue weighted by atomic mass is 16.6. The maximum atomic E-state index is 8.39. The Morgan fingerprint density at radius 3 is 2.50 bits per heavy atom. The third-order valence-corrected chi connectivity index (χ3v) is 1.10. The molecule has 1 aromatic carbocycles. The van der Waals surface area contributed by atoms with Crippen LogP contribution in [0.3, 0.4) is 0 Å².